The van der Waals surface area contributed by atoms with Crippen LogP contribution in [0, 0.1) is 10.5 Å². The van der Waals surface area contributed by atoms with Crippen molar-refractivity contribution in [2.75, 3.05) is 0 Å². The standard InChI is InChI=1S/C15H10ClFN2S/c16-11-7-4-8-12(17)15(11)19-14(20)9-13(18-19)10-5-2-1-3-6-10/h1-9,18H. The first-order chi connectivity index (χ1) is 9.66. The van der Waals surface area contributed by atoms with Gasteiger partial charge in [0.2, 0.25) is 0 Å². The number of para-hydroxylation sites is 1. The fraction of sp³-hybridized carbons (Fsp3) is 0. The highest BCUT2D eigenvalue weighted by Crippen LogP contribution is 2.25. The van der Waals surface area contributed by atoms with Crippen molar-refractivity contribution in [3.05, 3.63) is 70.1 Å². The quantitative estimate of drug-likeness (QED) is 0.661. The molecule has 20 heavy (non-hydrogen) atoms. The maximum absolute atomic E-state index is 14.0. The van der Waals surface area contributed by atoms with E-state index in [2.05, 4.69) is 5.10 Å². The SMILES string of the molecule is Fc1cccc(Cl)c1-n1[nH]c(-c2ccccc2)cc1=S. The van der Waals surface area contributed by atoms with Gasteiger partial charge in [-0.1, -0.05) is 60.2 Å². The van der Waals surface area contributed by atoms with E-state index in [1.165, 1.54) is 10.7 Å². The molecule has 100 valence electrons. The Morgan fingerprint density at radius 1 is 1.05 bits per heavy atom. The van der Waals surface area contributed by atoms with E-state index in [0.29, 0.717) is 9.66 Å². The second-order valence-electron chi connectivity index (χ2n) is 4.28. The summed E-state index contributed by atoms with van der Waals surface area (Å²) in [4.78, 5) is 0. The van der Waals surface area contributed by atoms with Crippen molar-refractivity contribution in [2.45, 2.75) is 0 Å². The highest BCUT2D eigenvalue weighted by Gasteiger charge is 2.12. The van der Waals surface area contributed by atoms with Crippen LogP contribution in [0.5, 0.6) is 0 Å². The van der Waals surface area contributed by atoms with Gasteiger partial charge in [0, 0.05) is 6.07 Å². The molecule has 5 heteroatoms. The summed E-state index contributed by atoms with van der Waals surface area (Å²) in [6.45, 7) is 0. The molecule has 0 radical (unpaired) electrons. The summed E-state index contributed by atoms with van der Waals surface area (Å²) in [5.74, 6) is -0.421. The van der Waals surface area contributed by atoms with Crippen LogP contribution in [0.25, 0.3) is 16.9 Å². The van der Waals surface area contributed by atoms with Gasteiger partial charge in [-0.3, -0.25) is 5.10 Å². The second kappa shape index (κ2) is 5.23. The van der Waals surface area contributed by atoms with Crippen LogP contribution >= 0.6 is 23.8 Å². The molecule has 0 atom stereocenters. The van der Waals surface area contributed by atoms with Gasteiger partial charge in [-0.15, -0.1) is 0 Å². The molecule has 0 fully saturated rings. The molecule has 3 aromatic rings. The second-order valence-corrected chi connectivity index (χ2v) is 5.11. The fourth-order valence-corrected chi connectivity index (χ4v) is 2.53. The monoisotopic (exact) mass is 304 g/mol. The summed E-state index contributed by atoms with van der Waals surface area (Å²) in [6.07, 6.45) is 0. The Morgan fingerprint density at radius 3 is 2.50 bits per heavy atom. The molecule has 0 aliphatic carbocycles. The molecule has 1 heterocycles. The van der Waals surface area contributed by atoms with E-state index in [4.69, 9.17) is 23.8 Å². The number of benzene rings is 2. The highest BCUT2D eigenvalue weighted by molar-refractivity contribution is 7.71. The molecule has 0 saturated heterocycles. The van der Waals surface area contributed by atoms with E-state index < -0.39 is 5.82 Å². The van der Waals surface area contributed by atoms with E-state index in [0.717, 1.165) is 11.3 Å². The van der Waals surface area contributed by atoms with E-state index in [1.807, 2.05) is 30.3 Å². The molecule has 0 aliphatic heterocycles. The van der Waals surface area contributed by atoms with Gasteiger partial charge in [-0.05, 0) is 17.7 Å². The van der Waals surface area contributed by atoms with Crippen molar-refractivity contribution >= 4 is 23.8 Å². The normalized spacial score (nSPS) is 10.7. The molecule has 0 unspecified atom stereocenters. The van der Waals surface area contributed by atoms with Crippen molar-refractivity contribution < 1.29 is 4.39 Å². The van der Waals surface area contributed by atoms with Gasteiger partial charge in [0.1, 0.15) is 16.1 Å². The van der Waals surface area contributed by atoms with Gasteiger partial charge in [-0.2, -0.15) is 0 Å². The van der Waals surface area contributed by atoms with Crippen LogP contribution in [-0.2, 0) is 0 Å². The number of rotatable bonds is 2. The molecular formula is C15H10ClFN2S. The smallest absolute Gasteiger partial charge is 0.150 e. The average Bonchev–Trinajstić information content (AvgIpc) is 2.82. The van der Waals surface area contributed by atoms with Crippen LogP contribution < -0.4 is 0 Å². The largest absolute Gasteiger partial charge is 0.292 e. The Labute approximate surface area is 125 Å². The summed E-state index contributed by atoms with van der Waals surface area (Å²) >= 11 is 11.3. The van der Waals surface area contributed by atoms with Gasteiger partial charge < -0.3 is 0 Å². The van der Waals surface area contributed by atoms with Gasteiger partial charge in [-0.25, -0.2) is 9.07 Å². The van der Waals surface area contributed by atoms with Crippen LogP contribution in [0.15, 0.2) is 54.6 Å². The molecule has 0 saturated carbocycles. The molecule has 1 N–H and O–H groups in total. The zero-order chi connectivity index (χ0) is 14.1. The summed E-state index contributed by atoms with van der Waals surface area (Å²) in [5, 5.41) is 3.39. The number of nitrogens with zero attached hydrogens (tertiary/aromatic N) is 1. The fourth-order valence-electron chi connectivity index (χ4n) is 2.03. The number of H-pyrrole nitrogens is 1. The maximum atomic E-state index is 14.0. The maximum Gasteiger partial charge on any atom is 0.150 e. The molecule has 0 aliphatic rings. The average molecular weight is 305 g/mol. The van der Waals surface area contributed by atoms with Crippen molar-refractivity contribution in [3.8, 4) is 16.9 Å². The first-order valence-electron chi connectivity index (χ1n) is 5.98. The van der Waals surface area contributed by atoms with Crippen LogP contribution in [0.2, 0.25) is 5.02 Å². The Morgan fingerprint density at radius 2 is 1.80 bits per heavy atom. The van der Waals surface area contributed by atoms with Crippen molar-refractivity contribution in [2.24, 2.45) is 0 Å². The third kappa shape index (κ3) is 2.28. The summed E-state index contributed by atoms with van der Waals surface area (Å²) < 4.78 is 15.9. The lowest BCUT2D eigenvalue weighted by molar-refractivity contribution is 0.610. The number of nitrogens with one attached hydrogen (secondary N) is 1. The lowest BCUT2D eigenvalue weighted by Crippen LogP contribution is -2.01. The first-order valence-corrected chi connectivity index (χ1v) is 6.77. The summed E-state index contributed by atoms with van der Waals surface area (Å²) in [7, 11) is 0. The first kappa shape index (κ1) is 13.1. The molecule has 0 amide bonds. The summed E-state index contributed by atoms with van der Waals surface area (Å²) in [5.41, 5.74) is 2.03. The van der Waals surface area contributed by atoms with Crippen LogP contribution in [-0.4, -0.2) is 9.78 Å². The molecule has 0 bridgehead atoms. The van der Waals surface area contributed by atoms with E-state index in [1.54, 1.807) is 18.2 Å². The topological polar surface area (TPSA) is 20.7 Å². The third-order valence-electron chi connectivity index (χ3n) is 2.97. The molecule has 2 aromatic carbocycles. The minimum absolute atomic E-state index is 0.237. The zero-order valence-corrected chi connectivity index (χ0v) is 11.9. The summed E-state index contributed by atoms with van der Waals surface area (Å²) in [6, 6.07) is 16.0. The minimum atomic E-state index is -0.421. The lowest BCUT2D eigenvalue weighted by atomic mass is 10.2. The van der Waals surface area contributed by atoms with E-state index in [9.17, 15) is 4.39 Å². The number of hydrogen-bond donors (Lipinski definition) is 1. The molecule has 1 aromatic heterocycles. The zero-order valence-electron chi connectivity index (χ0n) is 10.3. The predicted molar refractivity (Wildman–Crippen MR) is 81.4 cm³/mol. The number of aromatic amines is 1. The number of hydrogen-bond acceptors (Lipinski definition) is 1. The van der Waals surface area contributed by atoms with Gasteiger partial charge in [0.15, 0.2) is 0 Å². The third-order valence-corrected chi connectivity index (χ3v) is 3.57. The number of aromatic nitrogens is 2. The minimum Gasteiger partial charge on any atom is -0.292 e. The Kier molecular flexibility index (Phi) is 3.42. The Balaban J connectivity index is 2.18. The van der Waals surface area contributed by atoms with Gasteiger partial charge in [0.05, 0.1) is 10.7 Å². The Hall–Kier alpha value is -1.91. The number of halogens is 2. The Bertz CT molecular complexity index is 788. The van der Waals surface area contributed by atoms with Crippen LogP contribution in [0.3, 0.4) is 0 Å². The molecule has 0 spiro atoms. The van der Waals surface area contributed by atoms with Gasteiger partial charge >= 0.3 is 0 Å². The predicted octanol–water partition coefficient (Wildman–Crippen LogP) is 4.99. The van der Waals surface area contributed by atoms with Crippen molar-refractivity contribution in [3.63, 3.8) is 0 Å². The van der Waals surface area contributed by atoms with Crippen molar-refractivity contribution in [1.29, 1.82) is 0 Å². The van der Waals surface area contributed by atoms with Gasteiger partial charge in [0.25, 0.3) is 0 Å². The van der Waals surface area contributed by atoms with Crippen LogP contribution in [0.1, 0.15) is 0 Å². The van der Waals surface area contributed by atoms with Crippen molar-refractivity contribution in [1.82, 2.24) is 9.78 Å². The highest BCUT2D eigenvalue weighted by atomic mass is 35.5. The van der Waals surface area contributed by atoms with E-state index >= 15 is 0 Å². The molecule has 3 rings (SSSR count). The molecule has 2 nitrogen and oxygen atoms in total. The van der Waals surface area contributed by atoms with E-state index in [-0.39, 0.29) is 5.69 Å². The van der Waals surface area contributed by atoms with Crippen LogP contribution in [0.4, 0.5) is 4.39 Å². The lowest BCUT2D eigenvalue weighted by Gasteiger charge is -2.07. The molecular weight excluding hydrogens is 295 g/mol.